The second kappa shape index (κ2) is 6.01. The summed E-state index contributed by atoms with van der Waals surface area (Å²) in [6.45, 7) is 10.7. The van der Waals surface area contributed by atoms with Gasteiger partial charge in [0.25, 0.3) is 0 Å². The second-order valence-electron chi connectivity index (χ2n) is 4.00. The Labute approximate surface area is 82.4 Å². The van der Waals surface area contributed by atoms with Crippen molar-refractivity contribution < 1.29 is 4.84 Å². The Bertz CT molecular complexity index is 152. The monoisotopic (exact) mass is 185 g/mol. The van der Waals surface area contributed by atoms with E-state index in [-0.39, 0.29) is 0 Å². The molecule has 0 radical (unpaired) electrons. The van der Waals surface area contributed by atoms with Gasteiger partial charge in [-0.1, -0.05) is 39.8 Å². The fourth-order valence-corrected chi connectivity index (χ4v) is 1.37. The van der Waals surface area contributed by atoms with Gasteiger partial charge in [-0.3, -0.25) is 0 Å². The molecule has 0 saturated heterocycles. The minimum absolute atomic E-state index is 0.323. The number of hydrogen-bond acceptors (Lipinski definition) is 2. The first kappa shape index (κ1) is 12.5. The van der Waals surface area contributed by atoms with E-state index < -0.39 is 0 Å². The summed E-state index contributed by atoms with van der Waals surface area (Å²) in [5.74, 6) is 0. The summed E-state index contributed by atoms with van der Waals surface area (Å²) in [7, 11) is 0. The van der Waals surface area contributed by atoms with Crippen molar-refractivity contribution in [1.82, 2.24) is 0 Å². The Kier molecular flexibility index (Phi) is 5.76. The van der Waals surface area contributed by atoms with Gasteiger partial charge in [-0.2, -0.15) is 0 Å². The molecule has 0 spiro atoms. The molecule has 2 nitrogen and oxygen atoms in total. The van der Waals surface area contributed by atoms with Crippen molar-refractivity contribution in [2.75, 3.05) is 0 Å². The highest BCUT2D eigenvalue weighted by molar-refractivity contribution is 5.57. The van der Waals surface area contributed by atoms with Crippen molar-refractivity contribution in [2.45, 2.75) is 60.0 Å². The van der Waals surface area contributed by atoms with Crippen LogP contribution in [0.15, 0.2) is 5.16 Å². The largest absolute Gasteiger partial charge is 0.393 e. The average Bonchev–Trinajstić information content (AvgIpc) is 2.29. The SMILES string of the molecule is CC.CCC1CC(C)(C)CC=NO1. The number of nitrogens with zero attached hydrogens (tertiary/aromatic N) is 1. The summed E-state index contributed by atoms with van der Waals surface area (Å²) in [4.78, 5) is 5.26. The van der Waals surface area contributed by atoms with Crippen molar-refractivity contribution in [1.29, 1.82) is 0 Å². The first-order chi connectivity index (χ1) is 6.14. The third-order valence-electron chi connectivity index (χ3n) is 2.16. The first-order valence-corrected chi connectivity index (χ1v) is 5.32. The van der Waals surface area contributed by atoms with Crippen LogP contribution in [0, 0.1) is 5.41 Å². The van der Waals surface area contributed by atoms with Gasteiger partial charge in [0.2, 0.25) is 0 Å². The lowest BCUT2D eigenvalue weighted by atomic mass is 9.83. The normalized spacial score (nSPS) is 25.2. The Hall–Kier alpha value is -0.530. The van der Waals surface area contributed by atoms with E-state index in [4.69, 9.17) is 4.84 Å². The molecular formula is C11H23NO. The van der Waals surface area contributed by atoms with Crippen LogP contribution in [0.5, 0.6) is 0 Å². The molecule has 78 valence electrons. The summed E-state index contributed by atoms with van der Waals surface area (Å²) in [6.07, 6.45) is 5.41. The summed E-state index contributed by atoms with van der Waals surface area (Å²) in [6, 6.07) is 0. The zero-order chi connectivity index (χ0) is 10.3. The molecule has 0 amide bonds. The molecule has 0 aromatic heterocycles. The molecule has 1 atom stereocenters. The van der Waals surface area contributed by atoms with Crippen molar-refractivity contribution in [3.05, 3.63) is 0 Å². The predicted octanol–water partition coefficient (Wildman–Crippen LogP) is 3.61. The molecule has 0 saturated carbocycles. The third-order valence-corrected chi connectivity index (χ3v) is 2.16. The van der Waals surface area contributed by atoms with E-state index in [1.165, 1.54) is 0 Å². The van der Waals surface area contributed by atoms with Crippen LogP contribution in [0.25, 0.3) is 0 Å². The highest BCUT2D eigenvalue weighted by Gasteiger charge is 2.24. The van der Waals surface area contributed by atoms with E-state index in [2.05, 4.69) is 25.9 Å². The topological polar surface area (TPSA) is 21.6 Å². The summed E-state index contributed by atoms with van der Waals surface area (Å²) in [5.41, 5.74) is 0.362. The van der Waals surface area contributed by atoms with Gasteiger partial charge in [0.1, 0.15) is 6.10 Å². The smallest absolute Gasteiger partial charge is 0.127 e. The molecule has 0 bridgehead atoms. The quantitative estimate of drug-likeness (QED) is 0.611. The van der Waals surface area contributed by atoms with Crippen LogP contribution in [0.2, 0.25) is 0 Å². The van der Waals surface area contributed by atoms with Crippen molar-refractivity contribution in [3.63, 3.8) is 0 Å². The van der Waals surface area contributed by atoms with Gasteiger partial charge in [0.05, 0.1) is 0 Å². The van der Waals surface area contributed by atoms with Crippen LogP contribution in [-0.2, 0) is 4.84 Å². The number of hydrogen-bond donors (Lipinski definition) is 0. The number of oxime groups is 1. The van der Waals surface area contributed by atoms with Gasteiger partial charge in [-0.15, -0.1) is 0 Å². The molecule has 0 fully saturated rings. The van der Waals surface area contributed by atoms with Gasteiger partial charge in [-0.05, 0) is 24.7 Å². The van der Waals surface area contributed by atoms with E-state index in [1.807, 2.05) is 20.1 Å². The van der Waals surface area contributed by atoms with E-state index in [9.17, 15) is 0 Å². The summed E-state index contributed by atoms with van der Waals surface area (Å²) in [5, 5.41) is 3.89. The summed E-state index contributed by atoms with van der Waals surface area (Å²) >= 11 is 0. The average molecular weight is 185 g/mol. The molecule has 1 aliphatic heterocycles. The van der Waals surface area contributed by atoms with Gasteiger partial charge >= 0.3 is 0 Å². The van der Waals surface area contributed by atoms with Crippen molar-refractivity contribution in [3.8, 4) is 0 Å². The maximum absolute atomic E-state index is 5.26. The third kappa shape index (κ3) is 4.91. The van der Waals surface area contributed by atoms with Gasteiger partial charge < -0.3 is 4.84 Å². The van der Waals surface area contributed by atoms with Crippen LogP contribution in [-0.4, -0.2) is 12.3 Å². The molecule has 0 aliphatic carbocycles. The van der Waals surface area contributed by atoms with Crippen molar-refractivity contribution >= 4 is 6.21 Å². The lowest BCUT2D eigenvalue weighted by Gasteiger charge is -2.23. The molecule has 0 N–H and O–H groups in total. The second-order valence-corrected chi connectivity index (χ2v) is 4.00. The van der Waals surface area contributed by atoms with Crippen LogP contribution in [0.4, 0.5) is 0 Å². The molecule has 1 rings (SSSR count). The van der Waals surface area contributed by atoms with Gasteiger partial charge in [0.15, 0.2) is 0 Å². The van der Waals surface area contributed by atoms with Crippen LogP contribution in [0.3, 0.4) is 0 Å². The fraction of sp³-hybridized carbons (Fsp3) is 0.909. The molecule has 0 aromatic rings. The maximum Gasteiger partial charge on any atom is 0.127 e. The van der Waals surface area contributed by atoms with Crippen molar-refractivity contribution in [2.24, 2.45) is 10.6 Å². The highest BCUT2D eigenvalue weighted by Crippen LogP contribution is 2.29. The Morgan fingerprint density at radius 3 is 2.62 bits per heavy atom. The first-order valence-electron chi connectivity index (χ1n) is 5.32. The standard InChI is InChI=1S/C9H17NO.C2H6/c1-4-8-7-9(2,3)5-6-10-11-8;1-2/h6,8H,4-5,7H2,1-3H3;1-2H3. The molecule has 0 aromatic carbocycles. The Morgan fingerprint density at radius 2 is 2.08 bits per heavy atom. The fourth-order valence-electron chi connectivity index (χ4n) is 1.37. The predicted molar refractivity (Wildman–Crippen MR) is 58.0 cm³/mol. The zero-order valence-corrected chi connectivity index (χ0v) is 9.63. The molecule has 13 heavy (non-hydrogen) atoms. The lowest BCUT2D eigenvalue weighted by Crippen LogP contribution is -2.19. The molecule has 2 heteroatoms. The molecule has 1 aliphatic rings. The highest BCUT2D eigenvalue weighted by atomic mass is 16.6. The minimum Gasteiger partial charge on any atom is -0.393 e. The van der Waals surface area contributed by atoms with E-state index in [0.717, 1.165) is 19.3 Å². The van der Waals surface area contributed by atoms with Crippen LogP contribution >= 0.6 is 0 Å². The number of rotatable bonds is 1. The van der Waals surface area contributed by atoms with E-state index in [0.29, 0.717) is 11.5 Å². The lowest BCUT2D eigenvalue weighted by molar-refractivity contribution is 0.0353. The maximum atomic E-state index is 5.26. The van der Waals surface area contributed by atoms with Crippen LogP contribution in [0.1, 0.15) is 53.9 Å². The van der Waals surface area contributed by atoms with Gasteiger partial charge in [-0.25, -0.2) is 0 Å². The summed E-state index contributed by atoms with van der Waals surface area (Å²) < 4.78 is 0. The van der Waals surface area contributed by atoms with Gasteiger partial charge in [0, 0.05) is 6.21 Å². The van der Waals surface area contributed by atoms with E-state index >= 15 is 0 Å². The molecule has 1 heterocycles. The molecule has 1 unspecified atom stereocenters. The minimum atomic E-state index is 0.323. The Balaban J connectivity index is 0.000000671. The van der Waals surface area contributed by atoms with Crippen LogP contribution < -0.4 is 0 Å². The zero-order valence-electron chi connectivity index (χ0n) is 9.63. The van der Waals surface area contributed by atoms with E-state index in [1.54, 1.807) is 0 Å². The Morgan fingerprint density at radius 1 is 1.46 bits per heavy atom. The molecular weight excluding hydrogens is 162 g/mol.